The number of likely N-dealkylation sites (tertiary alicyclic amines) is 1. The van der Waals surface area contributed by atoms with Gasteiger partial charge in [0.15, 0.2) is 0 Å². The van der Waals surface area contributed by atoms with E-state index in [0.29, 0.717) is 0 Å². The lowest BCUT2D eigenvalue weighted by Crippen LogP contribution is -2.47. The topological polar surface area (TPSA) is 30.3 Å². The van der Waals surface area contributed by atoms with Gasteiger partial charge in [-0.1, -0.05) is 73.4 Å². The predicted octanol–water partition coefficient (Wildman–Crippen LogP) is 7.91. The highest BCUT2D eigenvalue weighted by Crippen LogP contribution is 2.34. The first kappa shape index (κ1) is 24.3. The monoisotopic (exact) mass is 489 g/mol. The third kappa shape index (κ3) is 5.32. The number of fused-ring (bicyclic) bond motifs is 1. The second-order valence-electron chi connectivity index (χ2n) is 11.3. The second kappa shape index (κ2) is 11.1. The van der Waals surface area contributed by atoms with Crippen molar-refractivity contribution < 1.29 is 0 Å². The standard InChI is InChI=1S/C34H39N3/c35-25-30-11-10-29(33-8-4-5-9-34(30)33)24-26-16-20-36(21-17-26)32-18-22-37(23-19-32)31-14-12-28(13-15-31)27-6-2-1-3-7-27/h4-5,8-15,24,27,32H,1-3,6-7,16-23H2. The van der Waals surface area contributed by atoms with Gasteiger partial charge >= 0.3 is 0 Å². The van der Waals surface area contributed by atoms with Gasteiger partial charge in [-0.15, -0.1) is 0 Å². The van der Waals surface area contributed by atoms with Gasteiger partial charge in [-0.3, -0.25) is 4.90 Å². The average Bonchev–Trinajstić information content (AvgIpc) is 2.98. The first-order valence-electron chi connectivity index (χ1n) is 14.5. The van der Waals surface area contributed by atoms with Crippen LogP contribution in [0, 0.1) is 11.3 Å². The SMILES string of the molecule is N#Cc1ccc(C=C2CCN(C3CCN(c4ccc(C5CCCCC5)cc4)CC3)CC2)c2ccccc12. The zero-order valence-electron chi connectivity index (χ0n) is 22.0. The van der Waals surface area contributed by atoms with Crippen LogP contribution >= 0.6 is 0 Å². The van der Waals surface area contributed by atoms with Crippen molar-refractivity contribution in [2.45, 2.75) is 69.7 Å². The number of hydrogen-bond acceptors (Lipinski definition) is 3. The summed E-state index contributed by atoms with van der Waals surface area (Å²) in [5, 5.41) is 11.7. The maximum atomic E-state index is 9.47. The van der Waals surface area contributed by atoms with Gasteiger partial charge in [0.05, 0.1) is 11.6 Å². The maximum absolute atomic E-state index is 9.47. The van der Waals surface area contributed by atoms with E-state index >= 15 is 0 Å². The van der Waals surface area contributed by atoms with Crippen LogP contribution in [-0.2, 0) is 0 Å². The number of rotatable bonds is 4. The predicted molar refractivity (Wildman–Crippen MR) is 155 cm³/mol. The molecule has 2 saturated heterocycles. The lowest BCUT2D eigenvalue weighted by Gasteiger charge is -2.41. The first-order chi connectivity index (χ1) is 18.3. The van der Waals surface area contributed by atoms with Crippen molar-refractivity contribution in [1.29, 1.82) is 5.26 Å². The van der Waals surface area contributed by atoms with Gasteiger partial charge in [-0.2, -0.15) is 5.26 Å². The van der Waals surface area contributed by atoms with E-state index < -0.39 is 0 Å². The lowest BCUT2D eigenvalue weighted by molar-refractivity contribution is 0.158. The number of piperidine rings is 2. The van der Waals surface area contributed by atoms with E-state index in [1.54, 1.807) is 11.1 Å². The fraction of sp³-hybridized carbons (Fsp3) is 0.441. The first-order valence-corrected chi connectivity index (χ1v) is 14.5. The van der Waals surface area contributed by atoms with Crippen LogP contribution in [0.15, 0.2) is 66.2 Å². The van der Waals surface area contributed by atoms with Crippen molar-refractivity contribution >= 4 is 22.5 Å². The molecule has 3 heteroatoms. The van der Waals surface area contributed by atoms with Crippen LogP contribution in [0.25, 0.3) is 16.8 Å². The minimum absolute atomic E-state index is 0.718. The Morgan fingerprint density at radius 2 is 1.43 bits per heavy atom. The van der Waals surface area contributed by atoms with Gasteiger partial charge < -0.3 is 4.90 Å². The molecule has 3 aromatic rings. The molecule has 0 unspecified atom stereocenters. The largest absolute Gasteiger partial charge is 0.371 e. The molecule has 3 aliphatic rings. The molecule has 3 aromatic carbocycles. The molecule has 3 nitrogen and oxygen atoms in total. The summed E-state index contributed by atoms with van der Waals surface area (Å²) < 4.78 is 0. The average molecular weight is 490 g/mol. The fourth-order valence-corrected chi connectivity index (χ4v) is 6.97. The van der Waals surface area contributed by atoms with Crippen LogP contribution in [0.1, 0.15) is 80.4 Å². The molecule has 0 bridgehead atoms. The van der Waals surface area contributed by atoms with E-state index in [2.05, 4.69) is 70.5 Å². The molecule has 2 aliphatic heterocycles. The molecule has 0 radical (unpaired) electrons. The van der Waals surface area contributed by atoms with E-state index in [9.17, 15) is 5.26 Å². The Morgan fingerprint density at radius 3 is 2.14 bits per heavy atom. The Kier molecular flexibility index (Phi) is 7.29. The fourth-order valence-electron chi connectivity index (χ4n) is 6.97. The molecule has 1 aliphatic carbocycles. The molecule has 2 heterocycles. The molecule has 3 fully saturated rings. The van der Waals surface area contributed by atoms with Crippen molar-refractivity contribution in [2.24, 2.45) is 0 Å². The second-order valence-corrected chi connectivity index (χ2v) is 11.3. The van der Waals surface area contributed by atoms with Gasteiger partial charge in [0.2, 0.25) is 0 Å². The minimum atomic E-state index is 0.718. The summed E-state index contributed by atoms with van der Waals surface area (Å²) in [4.78, 5) is 5.35. The number of nitriles is 1. The summed E-state index contributed by atoms with van der Waals surface area (Å²) in [7, 11) is 0. The molecular weight excluding hydrogens is 450 g/mol. The maximum Gasteiger partial charge on any atom is 0.0998 e. The number of anilines is 1. The van der Waals surface area contributed by atoms with Crippen molar-refractivity contribution in [3.05, 3.63) is 82.9 Å². The van der Waals surface area contributed by atoms with Crippen LogP contribution in [0.4, 0.5) is 5.69 Å². The Labute approximate surface area is 222 Å². The van der Waals surface area contributed by atoms with Crippen LogP contribution in [0.5, 0.6) is 0 Å². The van der Waals surface area contributed by atoms with Gasteiger partial charge in [-0.05, 0) is 79.2 Å². The van der Waals surface area contributed by atoms with Crippen LogP contribution in [0.2, 0.25) is 0 Å². The van der Waals surface area contributed by atoms with E-state index in [1.165, 1.54) is 87.8 Å². The molecule has 0 amide bonds. The van der Waals surface area contributed by atoms with E-state index in [1.807, 2.05) is 12.1 Å². The summed E-state index contributed by atoms with van der Waals surface area (Å²) in [6.45, 7) is 4.68. The molecular formula is C34H39N3. The smallest absolute Gasteiger partial charge is 0.0998 e. The van der Waals surface area contributed by atoms with Crippen molar-refractivity contribution in [2.75, 3.05) is 31.1 Å². The number of hydrogen-bond donors (Lipinski definition) is 0. The van der Waals surface area contributed by atoms with Gasteiger partial charge in [-0.25, -0.2) is 0 Å². The zero-order chi connectivity index (χ0) is 25.0. The Balaban J connectivity index is 1.03. The number of nitrogens with zero attached hydrogens (tertiary/aromatic N) is 3. The van der Waals surface area contributed by atoms with Crippen molar-refractivity contribution in [1.82, 2.24) is 4.90 Å². The molecule has 0 N–H and O–H groups in total. The van der Waals surface area contributed by atoms with Crippen LogP contribution in [0.3, 0.4) is 0 Å². The van der Waals surface area contributed by atoms with Crippen molar-refractivity contribution in [3.63, 3.8) is 0 Å². The Bertz CT molecular complexity index is 1270. The summed E-state index contributed by atoms with van der Waals surface area (Å²) in [6.07, 6.45) is 14.2. The summed E-state index contributed by atoms with van der Waals surface area (Å²) in [5.41, 5.74) is 6.53. The van der Waals surface area contributed by atoms with E-state index in [4.69, 9.17) is 0 Å². The minimum Gasteiger partial charge on any atom is -0.371 e. The highest BCUT2D eigenvalue weighted by Gasteiger charge is 2.27. The van der Waals surface area contributed by atoms with Crippen molar-refractivity contribution in [3.8, 4) is 6.07 Å². The number of benzene rings is 3. The summed E-state index contributed by atoms with van der Waals surface area (Å²) in [5.74, 6) is 0.794. The third-order valence-corrected chi connectivity index (χ3v) is 9.19. The summed E-state index contributed by atoms with van der Waals surface area (Å²) >= 11 is 0. The molecule has 0 aromatic heterocycles. The quantitative estimate of drug-likeness (QED) is 0.373. The normalized spacial score (nSPS) is 20.2. The van der Waals surface area contributed by atoms with Gasteiger partial charge in [0.25, 0.3) is 0 Å². The summed E-state index contributed by atoms with van der Waals surface area (Å²) in [6, 6.07) is 25.1. The Morgan fingerprint density at radius 1 is 0.730 bits per heavy atom. The van der Waals surface area contributed by atoms with Gasteiger partial charge in [0, 0.05) is 43.3 Å². The highest BCUT2D eigenvalue weighted by atomic mass is 15.2. The molecule has 1 saturated carbocycles. The molecule has 190 valence electrons. The van der Waals surface area contributed by atoms with E-state index in [-0.39, 0.29) is 0 Å². The third-order valence-electron chi connectivity index (χ3n) is 9.19. The highest BCUT2D eigenvalue weighted by molar-refractivity contribution is 5.94. The van der Waals surface area contributed by atoms with Gasteiger partial charge in [0.1, 0.15) is 0 Å². The molecule has 0 atom stereocenters. The lowest BCUT2D eigenvalue weighted by atomic mass is 9.84. The molecule has 37 heavy (non-hydrogen) atoms. The van der Waals surface area contributed by atoms with Crippen LogP contribution < -0.4 is 4.90 Å². The molecule has 0 spiro atoms. The zero-order valence-corrected chi connectivity index (χ0v) is 22.0. The van der Waals surface area contributed by atoms with E-state index in [0.717, 1.165) is 35.8 Å². The molecule has 6 rings (SSSR count). The van der Waals surface area contributed by atoms with Crippen LogP contribution in [-0.4, -0.2) is 37.1 Å². The Hall–Kier alpha value is -3.09.